The predicted molar refractivity (Wildman–Crippen MR) is 65.6 cm³/mol. The second kappa shape index (κ2) is 5.01. The van der Waals surface area contributed by atoms with Gasteiger partial charge in [0.05, 0.1) is 16.6 Å². The summed E-state index contributed by atoms with van der Waals surface area (Å²) in [4.78, 5) is -0.360. The van der Waals surface area contributed by atoms with E-state index in [0.717, 1.165) is 16.4 Å². The Morgan fingerprint density at radius 3 is 2.50 bits per heavy atom. The highest BCUT2D eigenvalue weighted by Gasteiger charge is 2.36. The lowest BCUT2D eigenvalue weighted by atomic mass is 10.1. The molecule has 0 spiro atoms. The SMILES string of the molecule is Cc1ccc(C(F)(F)F)cc1S(=O)(=O)N1CC[C@H](O)C1. The predicted octanol–water partition coefficient (Wildman–Crippen LogP) is 1.77. The van der Waals surface area contributed by atoms with Crippen LogP contribution >= 0.6 is 0 Å². The fraction of sp³-hybridized carbons (Fsp3) is 0.500. The molecule has 0 unspecified atom stereocenters. The number of aryl methyl sites for hydroxylation is 1. The zero-order valence-electron chi connectivity index (χ0n) is 10.7. The highest BCUT2D eigenvalue weighted by molar-refractivity contribution is 7.89. The molecule has 1 saturated heterocycles. The van der Waals surface area contributed by atoms with Crippen LogP contribution in [0.1, 0.15) is 17.5 Å². The van der Waals surface area contributed by atoms with Gasteiger partial charge in [0, 0.05) is 13.1 Å². The number of benzene rings is 1. The van der Waals surface area contributed by atoms with Gasteiger partial charge in [0.15, 0.2) is 0 Å². The smallest absolute Gasteiger partial charge is 0.392 e. The molecule has 1 N–H and O–H groups in total. The van der Waals surface area contributed by atoms with E-state index in [1.807, 2.05) is 0 Å². The number of nitrogens with zero attached hydrogens (tertiary/aromatic N) is 1. The Labute approximate surface area is 114 Å². The first-order chi connectivity index (χ1) is 9.12. The lowest BCUT2D eigenvalue weighted by Gasteiger charge is -2.18. The molecule has 20 heavy (non-hydrogen) atoms. The Balaban J connectivity index is 2.46. The van der Waals surface area contributed by atoms with Gasteiger partial charge in [0.2, 0.25) is 10.0 Å². The van der Waals surface area contributed by atoms with Gasteiger partial charge in [-0.25, -0.2) is 8.42 Å². The zero-order valence-corrected chi connectivity index (χ0v) is 11.5. The molecule has 2 rings (SSSR count). The first-order valence-corrected chi connectivity index (χ1v) is 7.42. The van der Waals surface area contributed by atoms with Crippen molar-refractivity contribution < 1.29 is 26.7 Å². The lowest BCUT2D eigenvalue weighted by molar-refractivity contribution is -0.137. The summed E-state index contributed by atoms with van der Waals surface area (Å²) in [6.45, 7) is 1.47. The molecular weight excluding hydrogens is 295 g/mol. The first kappa shape index (κ1) is 15.3. The Hall–Kier alpha value is -1.12. The lowest BCUT2D eigenvalue weighted by Crippen LogP contribution is -2.30. The van der Waals surface area contributed by atoms with Crippen molar-refractivity contribution in [3.05, 3.63) is 29.3 Å². The average Bonchev–Trinajstić information content (AvgIpc) is 2.75. The van der Waals surface area contributed by atoms with E-state index >= 15 is 0 Å². The van der Waals surface area contributed by atoms with Crippen LogP contribution in [0.4, 0.5) is 13.2 Å². The number of hydrogen-bond acceptors (Lipinski definition) is 3. The largest absolute Gasteiger partial charge is 0.416 e. The normalized spacial score (nSPS) is 21.4. The van der Waals surface area contributed by atoms with Crippen molar-refractivity contribution in [1.82, 2.24) is 4.31 Å². The molecule has 8 heteroatoms. The molecule has 1 aromatic carbocycles. The van der Waals surface area contributed by atoms with E-state index in [2.05, 4.69) is 0 Å². The highest BCUT2D eigenvalue weighted by Crippen LogP contribution is 2.33. The van der Waals surface area contributed by atoms with Gasteiger partial charge in [0.1, 0.15) is 0 Å². The fourth-order valence-electron chi connectivity index (χ4n) is 2.12. The summed E-state index contributed by atoms with van der Waals surface area (Å²) in [6.07, 6.45) is -5.07. The first-order valence-electron chi connectivity index (χ1n) is 5.98. The van der Waals surface area contributed by atoms with Crippen LogP contribution < -0.4 is 0 Å². The minimum atomic E-state index is -4.59. The fourth-order valence-corrected chi connectivity index (χ4v) is 3.87. The molecule has 1 atom stereocenters. The second-order valence-electron chi connectivity index (χ2n) is 4.78. The molecule has 1 heterocycles. The van der Waals surface area contributed by atoms with Gasteiger partial charge in [-0.05, 0) is 31.0 Å². The molecule has 1 aliphatic rings. The number of aliphatic hydroxyl groups excluding tert-OH is 1. The third kappa shape index (κ3) is 2.82. The third-order valence-electron chi connectivity index (χ3n) is 3.26. The van der Waals surface area contributed by atoms with Gasteiger partial charge >= 0.3 is 6.18 Å². The highest BCUT2D eigenvalue weighted by atomic mass is 32.2. The Bertz CT molecular complexity index is 613. The van der Waals surface area contributed by atoms with Crippen LogP contribution in [0, 0.1) is 6.92 Å². The molecule has 0 radical (unpaired) electrons. The maximum absolute atomic E-state index is 12.7. The van der Waals surface area contributed by atoms with Gasteiger partial charge in [0.25, 0.3) is 0 Å². The Morgan fingerprint density at radius 2 is 2.00 bits per heavy atom. The number of halogens is 3. The number of hydrogen-bond donors (Lipinski definition) is 1. The van der Waals surface area contributed by atoms with E-state index in [9.17, 15) is 26.7 Å². The van der Waals surface area contributed by atoms with Crippen molar-refractivity contribution >= 4 is 10.0 Å². The van der Waals surface area contributed by atoms with E-state index in [0.29, 0.717) is 6.07 Å². The zero-order chi connectivity index (χ0) is 15.1. The van der Waals surface area contributed by atoms with Crippen molar-refractivity contribution in [3.8, 4) is 0 Å². The summed E-state index contributed by atoms with van der Waals surface area (Å²) in [5.74, 6) is 0. The van der Waals surface area contributed by atoms with E-state index in [4.69, 9.17) is 0 Å². The quantitative estimate of drug-likeness (QED) is 0.906. The van der Waals surface area contributed by atoms with E-state index < -0.39 is 27.9 Å². The third-order valence-corrected chi connectivity index (χ3v) is 5.27. The molecule has 0 aliphatic carbocycles. The summed E-state index contributed by atoms with van der Waals surface area (Å²) in [6, 6.07) is 2.64. The number of sulfonamides is 1. The van der Waals surface area contributed by atoms with Gasteiger partial charge in [-0.3, -0.25) is 0 Å². The van der Waals surface area contributed by atoms with Crippen LogP contribution in [-0.4, -0.2) is 37.0 Å². The molecule has 1 aliphatic heterocycles. The van der Waals surface area contributed by atoms with Gasteiger partial charge in [-0.2, -0.15) is 17.5 Å². The van der Waals surface area contributed by atoms with Crippen LogP contribution in [0.5, 0.6) is 0 Å². The van der Waals surface area contributed by atoms with Crippen LogP contribution in [-0.2, 0) is 16.2 Å². The monoisotopic (exact) mass is 309 g/mol. The molecular formula is C12H14F3NO3S. The van der Waals surface area contributed by atoms with E-state index in [1.54, 1.807) is 0 Å². The van der Waals surface area contributed by atoms with Crippen LogP contribution in [0.3, 0.4) is 0 Å². The van der Waals surface area contributed by atoms with Crippen molar-refractivity contribution in [2.24, 2.45) is 0 Å². The number of aliphatic hydroxyl groups is 1. The molecule has 1 aromatic rings. The number of rotatable bonds is 2. The van der Waals surface area contributed by atoms with Crippen molar-refractivity contribution in [1.29, 1.82) is 0 Å². The standard InChI is InChI=1S/C12H14F3NO3S/c1-8-2-3-9(12(13,14)15)6-11(8)20(18,19)16-5-4-10(17)7-16/h2-3,6,10,17H,4-5,7H2,1H3/t10-/m0/s1. The summed E-state index contributed by atoms with van der Waals surface area (Å²) in [7, 11) is -4.01. The molecule has 0 saturated carbocycles. The molecule has 0 bridgehead atoms. The minimum absolute atomic E-state index is 0.0853. The van der Waals surface area contributed by atoms with E-state index in [-0.39, 0.29) is 30.0 Å². The average molecular weight is 309 g/mol. The van der Waals surface area contributed by atoms with Crippen LogP contribution in [0.25, 0.3) is 0 Å². The molecule has 0 aromatic heterocycles. The van der Waals surface area contributed by atoms with Gasteiger partial charge in [-0.15, -0.1) is 0 Å². The Morgan fingerprint density at radius 1 is 1.35 bits per heavy atom. The van der Waals surface area contributed by atoms with Crippen molar-refractivity contribution in [3.63, 3.8) is 0 Å². The second-order valence-corrected chi connectivity index (χ2v) is 6.69. The summed E-state index contributed by atoms with van der Waals surface area (Å²) in [5, 5.41) is 9.38. The number of β-amino-alcohol motifs (C(OH)–C–C–N with tert-alkyl or cyclic N) is 1. The van der Waals surface area contributed by atoms with E-state index in [1.165, 1.54) is 6.92 Å². The topological polar surface area (TPSA) is 57.6 Å². The van der Waals surface area contributed by atoms with Crippen LogP contribution in [0.2, 0.25) is 0 Å². The molecule has 1 fully saturated rings. The minimum Gasteiger partial charge on any atom is -0.392 e. The van der Waals surface area contributed by atoms with Crippen molar-refractivity contribution in [2.45, 2.75) is 30.5 Å². The molecule has 0 amide bonds. The molecule has 112 valence electrons. The van der Waals surface area contributed by atoms with Crippen LogP contribution in [0.15, 0.2) is 23.1 Å². The van der Waals surface area contributed by atoms with Crippen molar-refractivity contribution in [2.75, 3.05) is 13.1 Å². The summed E-state index contributed by atoms with van der Waals surface area (Å²) < 4.78 is 63.7. The summed E-state index contributed by atoms with van der Waals surface area (Å²) >= 11 is 0. The summed E-state index contributed by atoms with van der Waals surface area (Å²) in [5.41, 5.74) is -0.749. The van der Waals surface area contributed by atoms with Gasteiger partial charge < -0.3 is 5.11 Å². The maximum atomic E-state index is 12.7. The maximum Gasteiger partial charge on any atom is 0.416 e. The Kier molecular flexibility index (Phi) is 3.83. The number of alkyl halides is 3. The van der Waals surface area contributed by atoms with Gasteiger partial charge in [-0.1, -0.05) is 6.07 Å². The molecule has 4 nitrogen and oxygen atoms in total.